The smallest absolute Gasteiger partial charge is 0.167 e. The van der Waals surface area contributed by atoms with Crippen LogP contribution in [0.4, 0.5) is 0 Å². The monoisotopic (exact) mass is 357 g/mol. The predicted octanol–water partition coefficient (Wildman–Crippen LogP) is 4.95. The molecule has 3 aliphatic rings. The Morgan fingerprint density at radius 3 is 2.56 bits per heavy atom. The molecule has 2 aromatic rings. The van der Waals surface area contributed by atoms with Gasteiger partial charge in [-0.25, -0.2) is 0 Å². The Morgan fingerprint density at radius 1 is 1.00 bits per heavy atom. The van der Waals surface area contributed by atoms with Gasteiger partial charge in [0, 0.05) is 17.4 Å². The van der Waals surface area contributed by atoms with Crippen LogP contribution in [-0.2, 0) is 6.42 Å². The molecule has 0 bridgehead atoms. The number of carbonyl (C=O) groups is 1. The van der Waals surface area contributed by atoms with Crippen molar-refractivity contribution in [3.05, 3.63) is 76.4 Å². The average molecular weight is 357 g/mol. The summed E-state index contributed by atoms with van der Waals surface area (Å²) < 4.78 is 0. The van der Waals surface area contributed by atoms with Crippen LogP contribution in [0, 0.1) is 11.8 Å². The van der Waals surface area contributed by atoms with Crippen LogP contribution in [0.25, 0.3) is 6.08 Å². The first-order chi connectivity index (χ1) is 13.2. The number of hydrogen-bond acceptors (Lipinski definition) is 2. The van der Waals surface area contributed by atoms with Crippen molar-refractivity contribution in [1.29, 1.82) is 0 Å². The van der Waals surface area contributed by atoms with Crippen molar-refractivity contribution < 1.29 is 4.79 Å². The first-order valence-corrected chi connectivity index (χ1v) is 10.3. The van der Waals surface area contributed by atoms with Crippen LogP contribution >= 0.6 is 0 Å². The topological polar surface area (TPSA) is 20.3 Å². The van der Waals surface area contributed by atoms with Gasteiger partial charge in [0.2, 0.25) is 0 Å². The summed E-state index contributed by atoms with van der Waals surface area (Å²) in [4.78, 5) is 15.7. The first-order valence-electron chi connectivity index (χ1n) is 10.3. The van der Waals surface area contributed by atoms with Crippen molar-refractivity contribution in [2.45, 2.75) is 31.6 Å². The maximum Gasteiger partial charge on any atom is 0.167 e. The lowest BCUT2D eigenvalue weighted by Gasteiger charge is -2.32. The molecule has 2 heteroatoms. The summed E-state index contributed by atoms with van der Waals surface area (Å²) in [6.07, 6.45) is 6.84. The zero-order valence-corrected chi connectivity index (χ0v) is 16.0. The van der Waals surface area contributed by atoms with Crippen LogP contribution < -0.4 is 0 Å². The van der Waals surface area contributed by atoms with Gasteiger partial charge in [-0.1, -0.05) is 60.2 Å². The van der Waals surface area contributed by atoms with E-state index in [9.17, 15) is 4.79 Å². The lowest BCUT2D eigenvalue weighted by Crippen LogP contribution is -2.32. The van der Waals surface area contributed by atoms with Gasteiger partial charge >= 0.3 is 0 Å². The normalized spacial score (nSPS) is 25.4. The van der Waals surface area contributed by atoms with E-state index in [-0.39, 0.29) is 11.8 Å². The Kier molecular flexibility index (Phi) is 4.24. The van der Waals surface area contributed by atoms with E-state index >= 15 is 0 Å². The van der Waals surface area contributed by atoms with Crippen molar-refractivity contribution >= 4 is 11.9 Å². The quantitative estimate of drug-likeness (QED) is 0.774. The highest BCUT2D eigenvalue weighted by molar-refractivity contribution is 6.04. The maximum atomic E-state index is 13.3. The lowest BCUT2D eigenvalue weighted by molar-refractivity contribution is 0.0891. The molecule has 0 spiro atoms. The van der Waals surface area contributed by atoms with Crippen molar-refractivity contribution in [1.82, 2.24) is 4.90 Å². The number of likely N-dealkylation sites (tertiary alicyclic amines) is 1. The average Bonchev–Trinajstić information content (AvgIpc) is 3.23. The second-order valence-corrected chi connectivity index (χ2v) is 8.61. The fourth-order valence-corrected chi connectivity index (χ4v) is 5.43. The van der Waals surface area contributed by atoms with E-state index in [1.54, 1.807) is 0 Å². The van der Waals surface area contributed by atoms with E-state index in [0.717, 1.165) is 31.5 Å². The fraction of sp³-hybridized carbons (Fsp3) is 0.400. The minimum Gasteiger partial charge on any atom is -0.306 e. The minimum atomic E-state index is 0.122. The van der Waals surface area contributed by atoms with E-state index in [0.29, 0.717) is 11.7 Å². The zero-order valence-electron chi connectivity index (χ0n) is 16.0. The van der Waals surface area contributed by atoms with E-state index in [4.69, 9.17) is 0 Å². The van der Waals surface area contributed by atoms with Crippen molar-refractivity contribution in [3.8, 4) is 0 Å². The summed E-state index contributed by atoms with van der Waals surface area (Å²) in [6.45, 7) is 2.33. The van der Waals surface area contributed by atoms with Crippen molar-refractivity contribution in [2.24, 2.45) is 11.8 Å². The van der Waals surface area contributed by atoms with Gasteiger partial charge in [0.15, 0.2) is 5.78 Å². The summed E-state index contributed by atoms with van der Waals surface area (Å²) >= 11 is 0. The predicted molar refractivity (Wildman–Crippen MR) is 110 cm³/mol. The molecule has 0 saturated carbocycles. The van der Waals surface area contributed by atoms with Crippen LogP contribution in [-0.4, -0.2) is 30.8 Å². The van der Waals surface area contributed by atoms with E-state index < -0.39 is 0 Å². The van der Waals surface area contributed by atoms with E-state index in [1.807, 2.05) is 12.1 Å². The first kappa shape index (κ1) is 16.9. The number of nitrogens with zero attached hydrogens (tertiary/aromatic N) is 1. The third-order valence-corrected chi connectivity index (χ3v) is 6.92. The fourth-order valence-electron chi connectivity index (χ4n) is 5.43. The number of Topliss-reactive ketones (excluding diaryl/α,β-unsaturated/α-hetero) is 1. The maximum absolute atomic E-state index is 13.3. The van der Waals surface area contributed by atoms with Gasteiger partial charge in [0.25, 0.3) is 0 Å². The largest absolute Gasteiger partial charge is 0.306 e. The summed E-state index contributed by atoms with van der Waals surface area (Å²) in [5.74, 6) is 1.44. The van der Waals surface area contributed by atoms with E-state index in [2.05, 4.69) is 54.4 Å². The Balaban J connectivity index is 1.47. The van der Waals surface area contributed by atoms with Crippen molar-refractivity contribution in [3.63, 3.8) is 0 Å². The second kappa shape index (κ2) is 6.76. The molecule has 5 rings (SSSR count). The summed E-state index contributed by atoms with van der Waals surface area (Å²) in [5.41, 5.74) is 6.41. The highest BCUT2D eigenvalue weighted by Crippen LogP contribution is 2.49. The summed E-state index contributed by atoms with van der Waals surface area (Å²) in [6, 6.07) is 17.0. The second-order valence-electron chi connectivity index (χ2n) is 8.61. The molecule has 27 heavy (non-hydrogen) atoms. The summed E-state index contributed by atoms with van der Waals surface area (Å²) in [5, 5.41) is 0. The molecule has 2 aromatic carbocycles. The molecule has 0 amide bonds. The van der Waals surface area contributed by atoms with Gasteiger partial charge in [-0.15, -0.1) is 0 Å². The van der Waals surface area contributed by atoms with Crippen LogP contribution in [0.2, 0.25) is 0 Å². The molecule has 2 aliphatic carbocycles. The van der Waals surface area contributed by atoms with Crippen LogP contribution in [0.15, 0.2) is 54.1 Å². The van der Waals surface area contributed by atoms with Crippen LogP contribution in [0.3, 0.4) is 0 Å². The summed E-state index contributed by atoms with van der Waals surface area (Å²) in [7, 11) is 2.20. The minimum absolute atomic E-state index is 0.122. The molecule has 0 N–H and O–H groups in total. The van der Waals surface area contributed by atoms with Crippen LogP contribution in [0.1, 0.15) is 52.2 Å². The molecule has 1 aliphatic heterocycles. The number of ketones is 1. The molecule has 2 atom stereocenters. The third kappa shape index (κ3) is 2.96. The molecular weight excluding hydrogens is 330 g/mol. The molecule has 0 aromatic heterocycles. The number of allylic oxidation sites excluding steroid dienone is 1. The molecule has 2 unspecified atom stereocenters. The standard InChI is InChI=1S/C25H27NO/c1-26-12-10-17(11-13-26)14-23-24(21-8-4-5-9-22(21)25(23)27)20-15-18-6-2-3-7-19(18)16-20/h2-9,15,17,23-24H,10-14,16H2,1H3. The Bertz CT molecular complexity index is 904. The molecule has 0 radical (unpaired) electrons. The SMILES string of the molecule is CN1CCC(CC2C(=O)c3ccccc3C2C2=Cc3ccccc3C2)CC1. The van der Waals surface area contributed by atoms with Gasteiger partial charge in [0.1, 0.15) is 0 Å². The van der Waals surface area contributed by atoms with Gasteiger partial charge in [-0.2, -0.15) is 0 Å². The van der Waals surface area contributed by atoms with Gasteiger partial charge in [-0.3, -0.25) is 4.79 Å². The Morgan fingerprint density at radius 2 is 1.74 bits per heavy atom. The highest BCUT2D eigenvalue weighted by atomic mass is 16.1. The van der Waals surface area contributed by atoms with Crippen molar-refractivity contribution in [2.75, 3.05) is 20.1 Å². The van der Waals surface area contributed by atoms with E-state index in [1.165, 1.54) is 35.1 Å². The number of hydrogen-bond donors (Lipinski definition) is 0. The third-order valence-electron chi connectivity index (χ3n) is 6.92. The number of benzene rings is 2. The molecular formula is C25H27NO. The number of piperidine rings is 1. The lowest BCUT2D eigenvalue weighted by atomic mass is 9.77. The molecule has 2 nitrogen and oxygen atoms in total. The van der Waals surface area contributed by atoms with Gasteiger partial charge < -0.3 is 4.90 Å². The number of fused-ring (bicyclic) bond motifs is 2. The molecule has 138 valence electrons. The van der Waals surface area contributed by atoms with Gasteiger partial charge in [-0.05, 0) is 68.4 Å². The highest BCUT2D eigenvalue weighted by Gasteiger charge is 2.43. The molecule has 1 saturated heterocycles. The van der Waals surface area contributed by atoms with Gasteiger partial charge in [0.05, 0.1) is 0 Å². The number of rotatable bonds is 3. The molecule has 1 fully saturated rings. The molecule has 1 heterocycles. The van der Waals surface area contributed by atoms with Crippen LogP contribution in [0.5, 0.6) is 0 Å². The Hall–Kier alpha value is -2.19. The Labute approximate surface area is 161 Å². The number of carbonyl (C=O) groups excluding carboxylic acids is 1. The zero-order chi connectivity index (χ0) is 18.4.